The van der Waals surface area contributed by atoms with E-state index in [1.165, 1.54) is 14.0 Å². The molecule has 0 saturated heterocycles. The third-order valence-corrected chi connectivity index (χ3v) is 8.42. The van der Waals surface area contributed by atoms with E-state index >= 15 is 0 Å². The van der Waals surface area contributed by atoms with Gasteiger partial charge in [-0.2, -0.15) is 0 Å². The lowest BCUT2D eigenvalue weighted by atomic mass is 9.95. The number of methoxy groups -OCH3 is 4. The number of fused-ring (bicyclic) bond motifs is 3. The summed E-state index contributed by atoms with van der Waals surface area (Å²) in [5.74, 6) is 0.579. The molecule has 2 amide bonds. The third-order valence-electron chi connectivity index (χ3n) is 8.42. The predicted molar refractivity (Wildman–Crippen MR) is 184 cm³/mol. The van der Waals surface area contributed by atoms with Gasteiger partial charge in [-0.15, -0.1) is 0 Å². The van der Waals surface area contributed by atoms with Crippen molar-refractivity contribution in [1.82, 2.24) is 10.6 Å². The second-order valence-electron chi connectivity index (χ2n) is 11.7. The average molecular weight is 660 g/mol. The normalized spacial score (nSPS) is 13.9. The summed E-state index contributed by atoms with van der Waals surface area (Å²) in [6.07, 6.45) is 3.88. The Kier molecular flexibility index (Phi) is 12.8. The molecule has 256 valence electrons. The van der Waals surface area contributed by atoms with Crippen LogP contribution in [0.5, 0.6) is 17.2 Å². The quantitative estimate of drug-likeness (QED) is 0.156. The molecule has 0 heterocycles. The molecule has 0 aliphatic heterocycles. The van der Waals surface area contributed by atoms with E-state index in [4.69, 9.17) is 18.9 Å². The van der Waals surface area contributed by atoms with E-state index in [2.05, 4.69) is 16.0 Å². The van der Waals surface area contributed by atoms with Gasteiger partial charge in [0.05, 0.1) is 40.2 Å². The SMILES string of the molecule is COC(=O)[C@H](Cc1ccccc1)NC(=O)CCCCCNc1ccc2c(cc1=O)[C@@H](NC(C)=O)CCc1cc(OC)c(OC)c(OC)c1-2. The Morgan fingerprint density at radius 2 is 1.65 bits per heavy atom. The van der Waals surface area contributed by atoms with E-state index in [1.807, 2.05) is 42.5 Å². The number of benzene rings is 2. The molecule has 3 aromatic carbocycles. The molecule has 2 atom stereocenters. The molecule has 0 spiro atoms. The van der Waals surface area contributed by atoms with E-state index in [1.54, 1.807) is 33.5 Å². The minimum atomic E-state index is -0.753. The van der Waals surface area contributed by atoms with Crippen molar-refractivity contribution in [3.05, 3.63) is 81.5 Å². The summed E-state index contributed by atoms with van der Waals surface area (Å²) in [6.45, 7) is 1.98. The molecule has 3 aromatic rings. The number of hydrogen-bond donors (Lipinski definition) is 3. The highest BCUT2D eigenvalue weighted by Crippen LogP contribution is 2.50. The van der Waals surface area contributed by atoms with Crippen molar-refractivity contribution >= 4 is 23.5 Å². The minimum Gasteiger partial charge on any atom is -0.493 e. The summed E-state index contributed by atoms with van der Waals surface area (Å²) in [5.41, 5.74) is 4.33. The summed E-state index contributed by atoms with van der Waals surface area (Å²) in [5, 5.41) is 9.07. The van der Waals surface area contributed by atoms with Crippen molar-refractivity contribution in [1.29, 1.82) is 0 Å². The van der Waals surface area contributed by atoms with Crippen LogP contribution in [0.3, 0.4) is 0 Å². The molecule has 0 fully saturated rings. The predicted octanol–water partition coefficient (Wildman–Crippen LogP) is 4.74. The van der Waals surface area contributed by atoms with Crippen LogP contribution in [0, 0.1) is 0 Å². The van der Waals surface area contributed by atoms with Gasteiger partial charge in [0.15, 0.2) is 11.5 Å². The number of ether oxygens (including phenoxy) is 4. The van der Waals surface area contributed by atoms with Crippen molar-refractivity contribution in [3.8, 4) is 28.4 Å². The largest absolute Gasteiger partial charge is 0.493 e. The molecule has 1 aliphatic carbocycles. The molecular formula is C37H45N3O8. The second-order valence-corrected chi connectivity index (χ2v) is 11.7. The molecule has 11 nitrogen and oxygen atoms in total. The number of carbonyl (C=O) groups is 3. The maximum atomic E-state index is 13.5. The van der Waals surface area contributed by atoms with Gasteiger partial charge in [0.1, 0.15) is 6.04 Å². The van der Waals surface area contributed by atoms with Gasteiger partial charge in [0.2, 0.25) is 23.0 Å². The second kappa shape index (κ2) is 17.2. The highest BCUT2D eigenvalue weighted by molar-refractivity contribution is 5.85. The van der Waals surface area contributed by atoms with Crippen molar-refractivity contribution in [2.75, 3.05) is 40.3 Å². The highest BCUT2D eigenvalue weighted by Gasteiger charge is 2.29. The maximum absolute atomic E-state index is 13.5. The Labute approximate surface area is 281 Å². The molecule has 0 unspecified atom stereocenters. The van der Waals surface area contributed by atoms with E-state index in [0.717, 1.165) is 35.1 Å². The van der Waals surface area contributed by atoms with Gasteiger partial charge in [-0.1, -0.05) is 42.8 Å². The lowest BCUT2D eigenvalue weighted by Gasteiger charge is -2.19. The van der Waals surface area contributed by atoms with Crippen LogP contribution in [0.2, 0.25) is 0 Å². The Hall–Kier alpha value is -5.06. The number of rotatable bonds is 15. The topological polar surface area (TPSA) is 141 Å². The summed E-state index contributed by atoms with van der Waals surface area (Å²) < 4.78 is 22.0. The zero-order valence-electron chi connectivity index (χ0n) is 28.3. The molecule has 0 bridgehead atoms. The fourth-order valence-corrected chi connectivity index (χ4v) is 6.12. The molecule has 0 radical (unpaired) electrons. The van der Waals surface area contributed by atoms with Crippen LogP contribution >= 0.6 is 0 Å². The first-order valence-electron chi connectivity index (χ1n) is 16.1. The fourth-order valence-electron chi connectivity index (χ4n) is 6.12. The Balaban J connectivity index is 1.44. The van der Waals surface area contributed by atoms with Crippen LogP contribution < -0.4 is 35.6 Å². The number of amides is 2. The number of anilines is 1. The average Bonchev–Trinajstić information content (AvgIpc) is 3.33. The van der Waals surface area contributed by atoms with E-state index in [0.29, 0.717) is 60.7 Å². The van der Waals surface area contributed by atoms with Crippen LogP contribution in [0.15, 0.2) is 59.4 Å². The molecular weight excluding hydrogens is 614 g/mol. The Morgan fingerprint density at radius 3 is 2.31 bits per heavy atom. The van der Waals surface area contributed by atoms with Crippen molar-refractivity contribution in [2.45, 2.75) is 64.0 Å². The van der Waals surface area contributed by atoms with Crippen molar-refractivity contribution in [3.63, 3.8) is 0 Å². The van der Waals surface area contributed by atoms with Gasteiger partial charge in [0.25, 0.3) is 0 Å². The molecule has 1 aliphatic rings. The number of hydrogen-bond acceptors (Lipinski definition) is 9. The molecule has 3 N–H and O–H groups in total. The molecule has 0 aromatic heterocycles. The zero-order chi connectivity index (χ0) is 34.6. The fraction of sp³-hybridized carbons (Fsp3) is 0.405. The van der Waals surface area contributed by atoms with Gasteiger partial charge in [0, 0.05) is 31.9 Å². The van der Waals surface area contributed by atoms with Crippen LogP contribution in [0.25, 0.3) is 11.1 Å². The highest BCUT2D eigenvalue weighted by atomic mass is 16.5. The Morgan fingerprint density at radius 1 is 0.896 bits per heavy atom. The summed E-state index contributed by atoms with van der Waals surface area (Å²) >= 11 is 0. The first kappa shape index (κ1) is 35.8. The molecule has 48 heavy (non-hydrogen) atoms. The number of esters is 1. The number of nitrogens with one attached hydrogen (secondary N) is 3. The van der Waals surface area contributed by atoms with E-state index < -0.39 is 18.1 Å². The van der Waals surface area contributed by atoms with E-state index in [9.17, 15) is 19.2 Å². The molecule has 0 saturated carbocycles. The van der Waals surface area contributed by atoms with E-state index in [-0.39, 0.29) is 23.7 Å². The third kappa shape index (κ3) is 8.84. The lowest BCUT2D eigenvalue weighted by molar-refractivity contribution is -0.145. The van der Waals surface area contributed by atoms with Crippen molar-refractivity contribution in [2.24, 2.45) is 0 Å². The maximum Gasteiger partial charge on any atom is 0.328 e. The lowest BCUT2D eigenvalue weighted by Crippen LogP contribution is -2.43. The van der Waals surface area contributed by atoms with Gasteiger partial charge in [-0.3, -0.25) is 14.4 Å². The number of aryl methyl sites for hydroxylation is 1. The molecule has 4 rings (SSSR count). The minimum absolute atomic E-state index is 0.193. The standard InChI is InChI=1S/C37H45N3O8/c1-23(41)39-28-17-15-25-21-32(45-2)35(46-3)36(47-4)34(25)26-16-18-29(31(42)22-27(26)28)38-19-11-7-10-14-33(43)40-30(37(44)48-5)20-24-12-8-6-9-13-24/h6,8-9,12-13,16,18,21-22,28,30H,7,10-11,14-15,17,19-20H2,1-5H3,(H,38,42)(H,39,41)(H,40,43)/t28-,30-/m0/s1. The van der Waals surface area contributed by atoms with Crippen LogP contribution in [0.1, 0.15) is 61.8 Å². The van der Waals surface area contributed by atoms with Crippen LogP contribution in [-0.2, 0) is 32.0 Å². The smallest absolute Gasteiger partial charge is 0.328 e. The summed E-state index contributed by atoms with van der Waals surface area (Å²) in [6, 6.07) is 15.4. The van der Waals surface area contributed by atoms with Crippen LogP contribution in [0.4, 0.5) is 5.69 Å². The van der Waals surface area contributed by atoms with Gasteiger partial charge < -0.3 is 34.9 Å². The van der Waals surface area contributed by atoms with Gasteiger partial charge in [-0.25, -0.2) is 4.79 Å². The molecule has 11 heteroatoms. The number of carbonyl (C=O) groups excluding carboxylic acids is 3. The van der Waals surface area contributed by atoms with Crippen LogP contribution in [-0.4, -0.2) is 58.8 Å². The summed E-state index contributed by atoms with van der Waals surface area (Å²) in [7, 11) is 5.99. The van der Waals surface area contributed by atoms with Gasteiger partial charge >= 0.3 is 5.97 Å². The Bertz CT molecular complexity index is 1660. The zero-order valence-corrected chi connectivity index (χ0v) is 28.3. The van der Waals surface area contributed by atoms with Gasteiger partial charge in [-0.05, 0) is 66.1 Å². The summed E-state index contributed by atoms with van der Waals surface area (Å²) in [4.78, 5) is 50.6. The first-order valence-corrected chi connectivity index (χ1v) is 16.1. The van der Waals surface area contributed by atoms with Crippen molar-refractivity contribution < 1.29 is 33.3 Å². The number of unbranched alkanes of at least 4 members (excludes halogenated alkanes) is 2. The monoisotopic (exact) mass is 659 g/mol. The first-order chi connectivity index (χ1) is 23.2.